The molecule has 1 aliphatic rings. The number of nitrogens with zero attached hydrogens (tertiary/aromatic N) is 5. The SMILES string of the molecule is Cc1nc(NC(=O)N2CCC(C)(OCc3ccccc3)C2=O)ccc1Oc1ccnc(-c2cnn(C)c2)c1. The van der Waals surface area contributed by atoms with Crippen LogP contribution < -0.4 is 10.1 Å². The molecule has 0 spiro atoms. The van der Waals surface area contributed by atoms with Crippen molar-refractivity contribution in [3.8, 4) is 22.8 Å². The maximum atomic E-state index is 13.0. The van der Waals surface area contributed by atoms with Crippen LogP contribution in [0.2, 0.25) is 0 Å². The molecule has 3 amide bonds. The third-order valence-corrected chi connectivity index (χ3v) is 6.39. The average Bonchev–Trinajstić information content (AvgIpc) is 3.48. The molecule has 10 heteroatoms. The highest BCUT2D eigenvalue weighted by Gasteiger charge is 2.46. The summed E-state index contributed by atoms with van der Waals surface area (Å²) in [4.78, 5) is 35.9. The lowest BCUT2D eigenvalue weighted by molar-refractivity contribution is -0.146. The van der Waals surface area contributed by atoms with Gasteiger partial charge in [0.2, 0.25) is 0 Å². The van der Waals surface area contributed by atoms with Crippen LogP contribution >= 0.6 is 0 Å². The van der Waals surface area contributed by atoms with Crippen LogP contribution in [0.3, 0.4) is 0 Å². The van der Waals surface area contributed by atoms with Gasteiger partial charge in [-0.2, -0.15) is 5.10 Å². The minimum Gasteiger partial charge on any atom is -0.455 e. The van der Waals surface area contributed by atoms with E-state index in [0.717, 1.165) is 16.8 Å². The summed E-state index contributed by atoms with van der Waals surface area (Å²) in [7, 11) is 1.84. The largest absolute Gasteiger partial charge is 0.455 e. The van der Waals surface area contributed by atoms with Crippen molar-refractivity contribution in [2.45, 2.75) is 32.5 Å². The Bertz CT molecular complexity index is 1470. The van der Waals surface area contributed by atoms with Gasteiger partial charge in [-0.3, -0.25) is 24.7 Å². The van der Waals surface area contributed by atoms with Crippen LogP contribution in [0, 0.1) is 6.92 Å². The average molecular weight is 513 g/mol. The Hall–Kier alpha value is -4.57. The Morgan fingerprint density at radius 2 is 1.97 bits per heavy atom. The minimum absolute atomic E-state index is 0.261. The van der Waals surface area contributed by atoms with Crippen LogP contribution in [0.15, 0.2) is 73.2 Å². The molecule has 1 atom stereocenters. The topological polar surface area (TPSA) is 111 Å². The predicted molar refractivity (Wildman–Crippen MR) is 140 cm³/mol. The zero-order valence-corrected chi connectivity index (χ0v) is 21.4. The number of urea groups is 1. The summed E-state index contributed by atoms with van der Waals surface area (Å²) in [5.74, 6) is 1.07. The molecule has 0 bridgehead atoms. The van der Waals surface area contributed by atoms with Gasteiger partial charge in [0, 0.05) is 44.0 Å². The number of pyridine rings is 2. The Morgan fingerprint density at radius 3 is 2.71 bits per heavy atom. The molecule has 1 N–H and O–H groups in total. The van der Waals surface area contributed by atoms with Gasteiger partial charge in [-0.05, 0) is 37.6 Å². The van der Waals surface area contributed by atoms with Crippen molar-refractivity contribution in [2.75, 3.05) is 11.9 Å². The standard InChI is InChI=1S/C28H28N6O4/c1-19-24(38-22-11-13-29-23(15-22)21-16-30-33(3)17-21)9-10-25(31-19)32-27(36)34-14-12-28(2,26(34)35)37-18-20-7-5-4-6-8-20/h4-11,13,15-17H,12,14,18H2,1-3H3,(H,31,32,36). The number of rotatable bonds is 7. The summed E-state index contributed by atoms with van der Waals surface area (Å²) in [6.07, 6.45) is 5.69. The number of aromatic nitrogens is 4. The molecular formula is C28H28N6O4. The third kappa shape index (κ3) is 5.40. The van der Waals surface area contributed by atoms with E-state index >= 15 is 0 Å². The number of nitrogens with one attached hydrogen (secondary N) is 1. The summed E-state index contributed by atoms with van der Waals surface area (Å²) in [6, 6.07) is 16.0. The first kappa shape index (κ1) is 25.1. The van der Waals surface area contributed by atoms with E-state index in [9.17, 15) is 9.59 Å². The summed E-state index contributed by atoms with van der Waals surface area (Å²) >= 11 is 0. The van der Waals surface area contributed by atoms with E-state index < -0.39 is 11.6 Å². The van der Waals surface area contributed by atoms with Crippen molar-refractivity contribution < 1.29 is 19.1 Å². The van der Waals surface area contributed by atoms with Gasteiger partial charge in [-0.15, -0.1) is 0 Å². The third-order valence-electron chi connectivity index (χ3n) is 6.39. The first-order valence-electron chi connectivity index (χ1n) is 12.2. The predicted octanol–water partition coefficient (Wildman–Crippen LogP) is 4.72. The van der Waals surface area contributed by atoms with E-state index in [1.165, 1.54) is 4.90 Å². The smallest absolute Gasteiger partial charge is 0.329 e. The van der Waals surface area contributed by atoms with E-state index in [4.69, 9.17) is 9.47 Å². The van der Waals surface area contributed by atoms with Crippen LogP contribution in [-0.2, 0) is 23.2 Å². The molecule has 0 radical (unpaired) electrons. The van der Waals surface area contributed by atoms with E-state index in [1.54, 1.807) is 49.1 Å². The molecular weight excluding hydrogens is 484 g/mol. The molecule has 10 nitrogen and oxygen atoms in total. The second kappa shape index (κ2) is 10.4. The zero-order valence-electron chi connectivity index (χ0n) is 21.4. The first-order chi connectivity index (χ1) is 18.3. The summed E-state index contributed by atoms with van der Waals surface area (Å²) in [6.45, 7) is 4.06. The van der Waals surface area contributed by atoms with Gasteiger partial charge in [0.15, 0.2) is 0 Å². The normalized spacial score (nSPS) is 17.0. The molecule has 1 aromatic carbocycles. The quantitative estimate of drug-likeness (QED) is 0.381. The zero-order chi connectivity index (χ0) is 26.7. The van der Waals surface area contributed by atoms with Crippen LogP contribution in [0.4, 0.5) is 10.6 Å². The number of amides is 3. The van der Waals surface area contributed by atoms with Crippen molar-refractivity contribution in [2.24, 2.45) is 7.05 Å². The van der Waals surface area contributed by atoms with Gasteiger partial charge in [-0.25, -0.2) is 9.78 Å². The highest BCUT2D eigenvalue weighted by atomic mass is 16.5. The minimum atomic E-state index is -1.06. The lowest BCUT2D eigenvalue weighted by Crippen LogP contribution is -2.44. The molecule has 4 aromatic rings. The summed E-state index contributed by atoms with van der Waals surface area (Å²) in [5.41, 5.74) is 2.09. The first-order valence-corrected chi connectivity index (χ1v) is 12.2. The number of likely N-dealkylation sites (tertiary alicyclic amines) is 1. The fourth-order valence-electron chi connectivity index (χ4n) is 4.18. The van der Waals surface area contributed by atoms with E-state index in [0.29, 0.717) is 36.0 Å². The molecule has 1 saturated heterocycles. The van der Waals surface area contributed by atoms with Crippen molar-refractivity contribution in [1.82, 2.24) is 24.6 Å². The fraction of sp³-hybridized carbons (Fsp3) is 0.250. The number of carbonyl (C=O) groups excluding carboxylic acids is 2. The molecule has 1 fully saturated rings. The Labute approximate surface area is 220 Å². The van der Waals surface area contributed by atoms with Crippen LogP contribution in [0.25, 0.3) is 11.3 Å². The van der Waals surface area contributed by atoms with Gasteiger partial charge in [0.1, 0.15) is 22.9 Å². The van der Waals surface area contributed by atoms with Gasteiger partial charge in [0.25, 0.3) is 5.91 Å². The second-order valence-electron chi connectivity index (χ2n) is 9.30. The highest BCUT2D eigenvalue weighted by molar-refractivity contribution is 6.05. The lowest BCUT2D eigenvalue weighted by atomic mass is 10.1. The second-order valence-corrected chi connectivity index (χ2v) is 9.30. The van der Waals surface area contributed by atoms with Crippen LogP contribution in [0.5, 0.6) is 11.5 Å². The van der Waals surface area contributed by atoms with E-state index in [1.807, 2.05) is 49.6 Å². The maximum Gasteiger partial charge on any atom is 0.329 e. The van der Waals surface area contributed by atoms with Gasteiger partial charge < -0.3 is 9.47 Å². The van der Waals surface area contributed by atoms with Gasteiger partial charge in [0.05, 0.1) is 24.2 Å². The molecule has 194 valence electrons. The lowest BCUT2D eigenvalue weighted by Gasteiger charge is -2.23. The maximum absolute atomic E-state index is 13.0. The van der Waals surface area contributed by atoms with Crippen LogP contribution in [0.1, 0.15) is 24.6 Å². The van der Waals surface area contributed by atoms with Gasteiger partial charge in [-0.1, -0.05) is 30.3 Å². The number of benzene rings is 1. The molecule has 38 heavy (non-hydrogen) atoms. The van der Waals surface area contributed by atoms with Crippen molar-refractivity contribution in [3.63, 3.8) is 0 Å². The molecule has 1 aliphatic heterocycles. The number of carbonyl (C=O) groups is 2. The molecule has 3 aromatic heterocycles. The number of aryl methyl sites for hydroxylation is 2. The monoisotopic (exact) mass is 512 g/mol. The molecule has 0 aliphatic carbocycles. The van der Waals surface area contributed by atoms with Crippen LogP contribution in [-0.4, -0.2) is 48.7 Å². The van der Waals surface area contributed by atoms with Crippen molar-refractivity contribution >= 4 is 17.8 Å². The van der Waals surface area contributed by atoms with Crippen molar-refractivity contribution in [3.05, 3.63) is 84.4 Å². The van der Waals surface area contributed by atoms with E-state index in [2.05, 4.69) is 20.4 Å². The molecule has 0 saturated carbocycles. The number of anilines is 1. The van der Waals surface area contributed by atoms with Crippen molar-refractivity contribution in [1.29, 1.82) is 0 Å². The Balaban J connectivity index is 1.21. The number of hydrogen-bond acceptors (Lipinski definition) is 7. The van der Waals surface area contributed by atoms with Gasteiger partial charge >= 0.3 is 6.03 Å². The Morgan fingerprint density at radius 1 is 1.16 bits per heavy atom. The number of ether oxygens (including phenoxy) is 2. The fourth-order valence-corrected chi connectivity index (χ4v) is 4.18. The number of imide groups is 1. The molecule has 5 rings (SSSR count). The molecule has 1 unspecified atom stereocenters. The summed E-state index contributed by atoms with van der Waals surface area (Å²) < 4.78 is 13.7. The Kier molecular flexibility index (Phi) is 6.89. The molecule has 4 heterocycles. The number of hydrogen-bond donors (Lipinski definition) is 1. The summed E-state index contributed by atoms with van der Waals surface area (Å²) in [5, 5.41) is 6.89. The highest BCUT2D eigenvalue weighted by Crippen LogP contribution is 2.30. The van der Waals surface area contributed by atoms with E-state index in [-0.39, 0.29) is 12.5 Å².